The van der Waals surface area contributed by atoms with Gasteiger partial charge in [0.2, 0.25) is 5.95 Å². The first-order valence-corrected chi connectivity index (χ1v) is 6.15. The molecule has 0 radical (unpaired) electrons. The first kappa shape index (κ1) is 14.1. The smallest absolute Gasteiger partial charge is 0.222 e. The average Bonchev–Trinajstić information content (AvgIpc) is 2.40. The van der Waals surface area contributed by atoms with Crippen molar-refractivity contribution in [3.63, 3.8) is 0 Å². The fraction of sp³-hybridized carbons (Fsp3) is 0.250. The third kappa shape index (κ3) is 2.14. The maximum atomic E-state index is 14.4. The van der Waals surface area contributed by atoms with Crippen LogP contribution in [0, 0.1) is 17.1 Å². The number of hydrogen-bond donors (Lipinski definition) is 2. The van der Waals surface area contributed by atoms with Gasteiger partial charge in [-0.15, -0.1) is 0 Å². The number of ether oxygens (including phenoxy) is 1. The molecule has 6 nitrogen and oxygen atoms in total. The number of nitrogens with zero attached hydrogens (tertiary/aromatic N) is 3. The lowest BCUT2D eigenvalue weighted by molar-refractivity contribution is 0.315. The summed E-state index contributed by atoms with van der Waals surface area (Å²) in [7, 11) is 0. The molecule has 0 aliphatic rings. The second kappa shape index (κ2) is 5.35. The Morgan fingerprint density at radius 2 is 2.10 bits per heavy atom. The van der Waals surface area contributed by atoms with Crippen LogP contribution in [0.15, 0.2) is 0 Å². The van der Waals surface area contributed by atoms with Gasteiger partial charge in [-0.2, -0.15) is 10.2 Å². The molecule has 0 aliphatic heterocycles. The Bertz CT molecular complexity index is 728. The van der Waals surface area contributed by atoms with Gasteiger partial charge in [0.1, 0.15) is 28.0 Å². The van der Waals surface area contributed by atoms with Crippen LogP contribution in [0.4, 0.5) is 16.2 Å². The Morgan fingerprint density at radius 1 is 1.40 bits per heavy atom. The number of anilines is 2. The number of nitrogens with two attached hydrogens (primary N) is 2. The van der Waals surface area contributed by atoms with Crippen molar-refractivity contribution in [2.24, 2.45) is 0 Å². The van der Waals surface area contributed by atoms with Crippen LogP contribution in [0.1, 0.15) is 18.9 Å². The molecule has 0 unspecified atom stereocenters. The van der Waals surface area contributed by atoms with Gasteiger partial charge in [-0.3, -0.25) is 0 Å². The molecular formula is C12H11ClFN5O. The zero-order chi connectivity index (χ0) is 14.9. The number of benzene rings is 1. The number of nitrogen functional groups attached to an aromatic ring is 2. The number of halogens is 2. The molecule has 0 amide bonds. The van der Waals surface area contributed by atoms with Crippen LogP contribution in [-0.2, 0) is 0 Å². The van der Waals surface area contributed by atoms with Crippen LogP contribution in [-0.4, -0.2) is 16.6 Å². The highest BCUT2D eigenvalue weighted by atomic mass is 35.5. The van der Waals surface area contributed by atoms with Crippen LogP contribution in [0.25, 0.3) is 10.9 Å². The van der Waals surface area contributed by atoms with Crippen LogP contribution in [0.5, 0.6) is 5.75 Å². The van der Waals surface area contributed by atoms with Gasteiger partial charge in [0.25, 0.3) is 0 Å². The zero-order valence-corrected chi connectivity index (χ0v) is 11.3. The van der Waals surface area contributed by atoms with E-state index >= 15 is 0 Å². The quantitative estimate of drug-likeness (QED) is 0.898. The summed E-state index contributed by atoms with van der Waals surface area (Å²) >= 11 is 6.13. The highest BCUT2D eigenvalue weighted by Gasteiger charge is 2.23. The van der Waals surface area contributed by atoms with E-state index in [-0.39, 0.29) is 45.6 Å². The van der Waals surface area contributed by atoms with E-state index in [0.717, 1.165) is 0 Å². The molecule has 0 saturated heterocycles. The van der Waals surface area contributed by atoms with E-state index in [9.17, 15) is 4.39 Å². The monoisotopic (exact) mass is 295 g/mol. The van der Waals surface area contributed by atoms with Gasteiger partial charge in [0, 0.05) is 0 Å². The minimum absolute atomic E-state index is 0.00722. The molecule has 0 bridgehead atoms. The van der Waals surface area contributed by atoms with Gasteiger partial charge in [-0.1, -0.05) is 18.5 Å². The Morgan fingerprint density at radius 3 is 2.70 bits per heavy atom. The van der Waals surface area contributed by atoms with E-state index in [4.69, 9.17) is 33.1 Å². The van der Waals surface area contributed by atoms with Crippen LogP contribution in [0.3, 0.4) is 0 Å². The van der Waals surface area contributed by atoms with Gasteiger partial charge >= 0.3 is 0 Å². The summed E-state index contributed by atoms with van der Waals surface area (Å²) < 4.78 is 19.7. The second-order valence-electron chi connectivity index (χ2n) is 3.98. The average molecular weight is 296 g/mol. The summed E-state index contributed by atoms with van der Waals surface area (Å²) in [6.07, 6.45) is 0.676. The lowest BCUT2D eigenvalue weighted by Crippen LogP contribution is -2.06. The zero-order valence-electron chi connectivity index (χ0n) is 10.6. The lowest BCUT2D eigenvalue weighted by atomic mass is 10.1. The summed E-state index contributed by atoms with van der Waals surface area (Å²) in [5.41, 5.74) is 10.8. The molecule has 0 atom stereocenters. The van der Waals surface area contributed by atoms with Gasteiger partial charge in [-0.25, -0.2) is 9.37 Å². The number of hydrogen-bond acceptors (Lipinski definition) is 6. The van der Waals surface area contributed by atoms with Crippen molar-refractivity contribution in [1.82, 2.24) is 9.97 Å². The summed E-state index contributed by atoms with van der Waals surface area (Å²) in [4.78, 5) is 7.53. The molecule has 0 saturated carbocycles. The molecule has 104 valence electrons. The van der Waals surface area contributed by atoms with E-state index in [0.29, 0.717) is 6.42 Å². The molecule has 1 aromatic heterocycles. The SMILES string of the molecule is CCCOc1c(C#N)c(F)c2c(N)nc(N)nc2c1Cl. The lowest BCUT2D eigenvalue weighted by Gasteiger charge is -2.13. The molecule has 0 aliphatic carbocycles. The number of nitriles is 1. The first-order chi connectivity index (χ1) is 9.51. The largest absolute Gasteiger partial charge is 0.490 e. The Balaban J connectivity index is 2.87. The number of rotatable bonds is 3. The van der Waals surface area contributed by atoms with E-state index < -0.39 is 5.82 Å². The molecule has 0 fully saturated rings. The molecule has 1 aromatic carbocycles. The minimum Gasteiger partial charge on any atom is -0.490 e. The third-order valence-corrected chi connectivity index (χ3v) is 2.94. The van der Waals surface area contributed by atoms with E-state index in [2.05, 4.69) is 9.97 Å². The minimum atomic E-state index is -0.865. The number of fused-ring (bicyclic) bond motifs is 1. The molecule has 0 spiro atoms. The van der Waals surface area contributed by atoms with Crippen LogP contribution >= 0.6 is 11.6 Å². The topological polar surface area (TPSA) is 111 Å². The molecule has 2 aromatic rings. The molecule has 8 heteroatoms. The Kier molecular flexibility index (Phi) is 3.77. The fourth-order valence-corrected chi connectivity index (χ4v) is 2.04. The van der Waals surface area contributed by atoms with Crippen LogP contribution in [0.2, 0.25) is 5.02 Å². The summed E-state index contributed by atoms with van der Waals surface area (Å²) in [6, 6.07) is 1.72. The van der Waals surface area contributed by atoms with Crippen molar-refractivity contribution < 1.29 is 9.13 Å². The predicted octanol–water partition coefficient (Wildman–Crippen LogP) is 2.25. The van der Waals surface area contributed by atoms with Gasteiger partial charge in [0.05, 0.1) is 12.0 Å². The van der Waals surface area contributed by atoms with Crippen molar-refractivity contribution in [3.8, 4) is 11.8 Å². The molecule has 20 heavy (non-hydrogen) atoms. The standard InChI is InChI=1S/C12H11ClFN5O/c1-2-3-20-10-5(4-15)8(14)6-9(7(10)13)18-12(17)19-11(6)16/h2-3H2,1H3,(H4,16,17,18,19). The second-order valence-corrected chi connectivity index (χ2v) is 4.36. The van der Waals surface area contributed by atoms with E-state index in [1.807, 2.05) is 6.92 Å². The van der Waals surface area contributed by atoms with E-state index in [1.54, 1.807) is 6.07 Å². The van der Waals surface area contributed by atoms with Gasteiger partial charge < -0.3 is 16.2 Å². The maximum Gasteiger partial charge on any atom is 0.222 e. The third-order valence-electron chi connectivity index (χ3n) is 2.59. The highest BCUT2D eigenvalue weighted by Crippen LogP contribution is 2.39. The fourth-order valence-electron chi connectivity index (χ4n) is 1.75. The Labute approximate surface area is 119 Å². The first-order valence-electron chi connectivity index (χ1n) is 5.77. The van der Waals surface area contributed by atoms with Crippen molar-refractivity contribution in [3.05, 3.63) is 16.4 Å². The molecule has 1 heterocycles. The summed E-state index contributed by atoms with van der Waals surface area (Å²) in [6.45, 7) is 2.16. The summed E-state index contributed by atoms with van der Waals surface area (Å²) in [5.74, 6) is -1.23. The van der Waals surface area contributed by atoms with Gasteiger partial charge in [-0.05, 0) is 6.42 Å². The number of aromatic nitrogens is 2. The predicted molar refractivity (Wildman–Crippen MR) is 73.8 cm³/mol. The maximum absolute atomic E-state index is 14.4. The van der Waals surface area contributed by atoms with Crippen LogP contribution < -0.4 is 16.2 Å². The summed E-state index contributed by atoms with van der Waals surface area (Å²) in [5, 5.41) is 8.95. The van der Waals surface area contributed by atoms with Crippen molar-refractivity contribution in [2.45, 2.75) is 13.3 Å². The van der Waals surface area contributed by atoms with E-state index in [1.165, 1.54) is 0 Å². The van der Waals surface area contributed by atoms with Crippen molar-refractivity contribution in [1.29, 1.82) is 5.26 Å². The van der Waals surface area contributed by atoms with Crippen molar-refractivity contribution in [2.75, 3.05) is 18.1 Å². The molecule has 2 rings (SSSR count). The Hall–Kier alpha value is -2.33. The molecule has 4 N–H and O–H groups in total. The van der Waals surface area contributed by atoms with Gasteiger partial charge in [0.15, 0.2) is 11.6 Å². The normalized spacial score (nSPS) is 10.5. The molecular weight excluding hydrogens is 285 g/mol. The highest BCUT2D eigenvalue weighted by molar-refractivity contribution is 6.37. The van der Waals surface area contributed by atoms with Crippen molar-refractivity contribution >= 4 is 34.3 Å².